The number of carbonyl (C=O) groups excluding carboxylic acids is 2. The highest BCUT2D eigenvalue weighted by Gasteiger charge is 2.19. The molecule has 0 bridgehead atoms. The van der Waals surface area contributed by atoms with Crippen LogP contribution in [-0.4, -0.2) is 46.0 Å². The molecule has 0 aromatic heterocycles. The van der Waals surface area contributed by atoms with Crippen LogP contribution in [0.1, 0.15) is 17.5 Å². The third-order valence-electron chi connectivity index (χ3n) is 2.71. The van der Waals surface area contributed by atoms with Gasteiger partial charge in [0.1, 0.15) is 15.9 Å². The van der Waals surface area contributed by atoms with Crippen molar-refractivity contribution in [3.63, 3.8) is 0 Å². The first-order valence-electron chi connectivity index (χ1n) is 6.68. The topological polar surface area (TPSA) is 89.5 Å². The molecule has 1 aromatic carbocycles. The summed E-state index contributed by atoms with van der Waals surface area (Å²) >= 11 is 0. The van der Waals surface area contributed by atoms with E-state index in [1.807, 2.05) is 0 Å². The maximum atomic E-state index is 11.0. The lowest BCUT2D eigenvalue weighted by molar-refractivity contribution is -0.144. The summed E-state index contributed by atoms with van der Waals surface area (Å²) in [5.41, 5.74) is 2.68. The Hall–Kier alpha value is -1.89. The summed E-state index contributed by atoms with van der Waals surface area (Å²) in [4.78, 5) is 21.1. The van der Waals surface area contributed by atoms with Crippen molar-refractivity contribution < 1.29 is 22.7 Å². The molecule has 1 aromatic rings. The lowest BCUT2D eigenvalue weighted by Crippen LogP contribution is -2.38. The van der Waals surface area contributed by atoms with E-state index in [-0.39, 0.29) is 12.2 Å². The Morgan fingerprint density at radius 1 is 1.32 bits per heavy atom. The Labute approximate surface area is 131 Å². The summed E-state index contributed by atoms with van der Waals surface area (Å²) < 4.78 is 25.9. The highest BCUT2D eigenvalue weighted by Crippen LogP contribution is 2.00. The molecule has 1 amide bonds. The van der Waals surface area contributed by atoms with Crippen LogP contribution in [0.3, 0.4) is 0 Å². The number of aryl methyl sites for hydroxylation is 2. The van der Waals surface area contributed by atoms with Crippen molar-refractivity contribution in [2.75, 3.05) is 19.1 Å². The largest absolute Gasteiger partial charge is 0.467 e. The summed E-state index contributed by atoms with van der Waals surface area (Å²) in [6.07, 6.45) is 1.41. The van der Waals surface area contributed by atoms with Crippen LogP contribution in [-0.2, 0) is 24.2 Å². The van der Waals surface area contributed by atoms with E-state index < -0.39 is 21.8 Å². The number of methoxy groups -OCH3 is 1. The number of rotatable bonds is 6. The Bertz CT molecular complexity index is 566. The molecule has 1 atom stereocenters. The summed E-state index contributed by atoms with van der Waals surface area (Å²) in [6, 6.07) is 7.55. The number of sulfone groups is 1. The van der Waals surface area contributed by atoms with Gasteiger partial charge in [-0.3, -0.25) is 4.79 Å². The lowest BCUT2D eigenvalue weighted by Gasteiger charge is -2.12. The molecule has 0 radical (unpaired) electrons. The van der Waals surface area contributed by atoms with Gasteiger partial charge in [-0.05, 0) is 20.3 Å². The van der Waals surface area contributed by atoms with Gasteiger partial charge in [0.05, 0.1) is 12.9 Å². The van der Waals surface area contributed by atoms with Crippen LogP contribution in [0.2, 0.25) is 0 Å². The van der Waals surface area contributed by atoms with Gasteiger partial charge in [-0.15, -0.1) is 0 Å². The number of benzene rings is 1. The number of hydrogen-bond donors (Lipinski definition) is 1. The smallest absolute Gasteiger partial charge is 0.328 e. The van der Waals surface area contributed by atoms with Gasteiger partial charge in [0.15, 0.2) is 0 Å². The van der Waals surface area contributed by atoms with E-state index in [1.165, 1.54) is 18.2 Å². The fourth-order valence-electron chi connectivity index (χ4n) is 1.63. The van der Waals surface area contributed by atoms with E-state index in [0.29, 0.717) is 6.41 Å². The maximum Gasteiger partial charge on any atom is 0.328 e. The lowest BCUT2D eigenvalue weighted by atomic mass is 10.2. The number of ether oxygens (including phenoxy) is 1. The predicted octanol–water partition coefficient (Wildman–Crippen LogP) is 1.01. The van der Waals surface area contributed by atoms with Gasteiger partial charge in [0.25, 0.3) is 0 Å². The van der Waals surface area contributed by atoms with E-state index in [1.54, 1.807) is 0 Å². The molecule has 0 aliphatic heterocycles. The minimum Gasteiger partial charge on any atom is -0.467 e. The highest BCUT2D eigenvalue weighted by molar-refractivity contribution is 7.90. The standard InChI is InChI=1S/C8H10.C7H13NO5S/c1-7-4-3-5-8(2)6-7;1-13-7(10)6(8-5-9)3-4-14(2,11)12/h3-6H,1-2H3;5-6H,3-4H2,1-2H3,(H,8,9)/t;6-/m.0/s1. The van der Waals surface area contributed by atoms with Gasteiger partial charge in [-0.2, -0.15) is 0 Å². The van der Waals surface area contributed by atoms with E-state index >= 15 is 0 Å². The third-order valence-corrected chi connectivity index (χ3v) is 3.68. The van der Waals surface area contributed by atoms with Crippen molar-refractivity contribution in [2.45, 2.75) is 26.3 Å². The maximum absolute atomic E-state index is 11.0. The molecule has 0 saturated carbocycles. The summed E-state index contributed by atoms with van der Waals surface area (Å²) in [5.74, 6) is -0.825. The molecule has 1 rings (SSSR count). The zero-order chi connectivity index (χ0) is 17.2. The van der Waals surface area contributed by atoms with E-state index in [0.717, 1.165) is 6.26 Å². The van der Waals surface area contributed by atoms with Gasteiger partial charge in [-0.25, -0.2) is 13.2 Å². The molecule has 0 heterocycles. The Kier molecular flexibility index (Phi) is 9.09. The zero-order valence-electron chi connectivity index (χ0n) is 13.3. The van der Waals surface area contributed by atoms with Gasteiger partial charge in [0.2, 0.25) is 6.41 Å². The van der Waals surface area contributed by atoms with E-state index in [2.05, 4.69) is 48.2 Å². The monoisotopic (exact) mass is 329 g/mol. The van der Waals surface area contributed by atoms with Gasteiger partial charge in [0, 0.05) is 6.26 Å². The molecular formula is C15H23NO5S. The molecule has 1 N–H and O–H groups in total. The first-order valence-corrected chi connectivity index (χ1v) is 8.74. The van der Waals surface area contributed by atoms with Gasteiger partial charge in [-0.1, -0.05) is 35.4 Å². The Morgan fingerprint density at radius 2 is 1.86 bits per heavy atom. The van der Waals surface area contributed by atoms with Crippen LogP contribution in [0.15, 0.2) is 24.3 Å². The van der Waals surface area contributed by atoms with Crippen LogP contribution in [0.5, 0.6) is 0 Å². The van der Waals surface area contributed by atoms with Crippen molar-refractivity contribution in [3.05, 3.63) is 35.4 Å². The first kappa shape index (κ1) is 20.1. The van der Waals surface area contributed by atoms with Crippen molar-refractivity contribution in [3.8, 4) is 0 Å². The Morgan fingerprint density at radius 3 is 2.18 bits per heavy atom. The fourth-order valence-corrected chi connectivity index (χ4v) is 2.30. The van der Waals surface area contributed by atoms with Crippen LogP contribution in [0, 0.1) is 13.8 Å². The Balaban J connectivity index is 0.000000461. The molecule has 0 unspecified atom stereocenters. The van der Waals surface area contributed by atoms with Crippen molar-refractivity contribution in [1.82, 2.24) is 5.32 Å². The summed E-state index contributed by atoms with van der Waals surface area (Å²) in [6.45, 7) is 4.21. The molecule has 0 fully saturated rings. The van der Waals surface area contributed by atoms with Crippen LogP contribution < -0.4 is 5.32 Å². The van der Waals surface area contributed by atoms with E-state index in [4.69, 9.17) is 0 Å². The molecular weight excluding hydrogens is 306 g/mol. The quantitative estimate of drug-likeness (QED) is 0.621. The summed E-state index contributed by atoms with van der Waals surface area (Å²) in [5, 5.41) is 2.19. The third kappa shape index (κ3) is 9.93. The second kappa shape index (κ2) is 9.94. The van der Waals surface area contributed by atoms with Crippen LogP contribution >= 0.6 is 0 Å². The number of nitrogens with one attached hydrogen (secondary N) is 1. The number of carbonyl (C=O) groups is 2. The number of esters is 1. The molecule has 6 nitrogen and oxygen atoms in total. The average Bonchev–Trinajstić information content (AvgIpc) is 2.42. The molecule has 22 heavy (non-hydrogen) atoms. The molecule has 7 heteroatoms. The van der Waals surface area contributed by atoms with Crippen LogP contribution in [0.4, 0.5) is 0 Å². The van der Waals surface area contributed by atoms with Gasteiger partial charge >= 0.3 is 5.97 Å². The highest BCUT2D eigenvalue weighted by atomic mass is 32.2. The van der Waals surface area contributed by atoms with Crippen molar-refractivity contribution >= 4 is 22.2 Å². The minimum atomic E-state index is -3.14. The second-order valence-corrected chi connectivity index (χ2v) is 7.20. The van der Waals surface area contributed by atoms with Crippen LogP contribution in [0.25, 0.3) is 0 Å². The van der Waals surface area contributed by atoms with Gasteiger partial charge < -0.3 is 10.1 Å². The zero-order valence-corrected chi connectivity index (χ0v) is 14.1. The van der Waals surface area contributed by atoms with Crippen molar-refractivity contribution in [2.24, 2.45) is 0 Å². The fraction of sp³-hybridized carbons (Fsp3) is 0.467. The predicted molar refractivity (Wildman–Crippen MR) is 85.2 cm³/mol. The first-order chi connectivity index (χ1) is 10.2. The molecule has 0 aliphatic carbocycles. The molecule has 0 aliphatic rings. The molecule has 124 valence electrons. The molecule has 0 saturated heterocycles. The number of amides is 1. The normalized spacial score (nSPS) is 11.6. The average molecular weight is 329 g/mol. The summed E-state index contributed by atoms with van der Waals surface area (Å²) in [7, 11) is -1.97. The van der Waals surface area contributed by atoms with Crippen molar-refractivity contribution in [1.29, 1.82) is 0 Å². The minimum absolute atomic E-state index is 0.0181. The number of hydrogen-bond acceptors (Lipinski definition) is 5. The SMILES string of the molecule is COC(=O)[C@H](CCS(C)(=O)=O)NC=O.Cc1cccc(C)c1. The molecule has 0 spiro atoms. The van der Waals surface area contributed by atoms with E-state index in [9.17, 15) is 18.0 Å². The second-order valence-electron chi connectivity index (χ2n) is 4.94.